The first-order valence-corrected chi connectivity index (χ1v) is 5.26. The van der Waals surface area contributed by atoms with Gasteiger partial charge in [-0.1, -0.05) is 12.1 Å². The summed E-state index contributed by atoms with van der Waals surface area (Å²) in [4.78, 5) is 0. The van der Waals surface area contributed by atoms with Crippen LogP contribution in [0.15, 0.2) is 30.3 Å². The summed E-state index contributed by atoms with van der Waals surface area (Å²) in [5.41, 5.74) is 7.32. The van der Waals surface area contributed by atoms with E-state index in [1.165, 1.54) is 0 Å². The van der Waals surface area contributed by atoms with Gasteiger partial charge < -0.3 is 11.1 Å². The van der Waals surface area contributed by atoms with Gasteiger partial charge in [0, 0.05) is 0 Å². The van der Waals surface area contributed by atoms with Gasteiger partial charge in [0.2, 0.25) is 0 Å². The quantitative estimate of drug-likeness (QED) is 0.631. The molecule has 94 valence electrons. The van der Waals surface area contributed by atoms with Crippen LogP contribution in [0.3, 0.4) is 0 Å². The maximum Gasteiger partial charge on any atom is 0.196 e. The summed E-state index contributed by atoms with van der Waals surface area (Å²) in [7, 11) is 0. The standard InChI is InChI=1S/C13H11F3N2/c1-7-3-2-4-10(13(7)17)18-9-6-5-8(14)11(15)12(9)16/h2-6,18H,17H2,1H3. The normalized spacial score (nSPS) is 10.4. The third-order valence-electron chi connectivity index (χ3n) is 2.63. The molecule has 2 aromatic rings. The van der Waals surface area contributed by atoms with Crippen molar-refractivity contribution in [1.82, 2.24) is 0 Å². The van der Waals surface area contributed by atoms with E-state index >= 15 is 0 Å². The zero-order valence-electron chi connectivity index (χ0n) is 9.60. The number of hydrogen-bond donors (Lipinski definition) is 2. The highest BCUT2D eigenvalue weighted by molar-refractivity contribution is 5.75. The number of hydrogen-bond acceptors (Lipinski definition) is 2. The highest BCUT2D eigenvalue weighted by Crippen LogP contribution is 2.28. The number of halogens is 3. The van der Waals surface area contributed by atoms with E-state index < -0.39 is 17.5 Å². The molecule has 2 rings (SSSR count). The van der Waals surface area contributed by atoms with Crippen LogP contribution in [0.4, 0.5) is 30.2 Å². The van der Waals surface area contributed by atoms with Crippen molar-refractivity contribution in [3.63, 3.8) is 0 Å². The fraction of sp³-hybridized carbons (Fsp3) is 0.0769. The van der Waals surface area contributed by atoms with Gasteiger partial charge in [0.1, 0.15) is 0 Å². The first-order valence-electron chi connectivity index (χ1n) is 5.26. The molecule has 0 atom stereocenters. The van der Waals surface area contributed by atoms with Crippen molar-refractivity contribution >= 4 is 17.1 Å². The van der Waals surface area contributed by atoms with Crippen molar-refractivity contribution in [3.8, 4) is 0 Å². The van der Waals surface area contributed by atoms with Crippen molar-refractivity contribution in [3.05, 3.63) is 53.3 Å². The lowest BCUT2D eigenvalue weighted by Gasteiger charge is -2.12. The average Bonchev–Trinajstić information content (AvgIpc) is 2.35. The van der Waals surface area contributed by atoms with E-state index in [4.69, 9.17) is 5.73 Å². The lowest BCUT2D eigenvalue weighted by atomic mass is 10.1. The number of rotatable bonds is 2. The predicted molar refractivity (Wildman–Crippen MR) is 65.2 cm³/mol. The van der Waals surface area contributed by atoms with Crippen LogP contribution in [-0.2, 0) is 0 Å². The molecule has 0 aromatic heterocycles. The molecule has 0 fully saturated rings. The molecule has 0 radical (unpaired) electrons. The minimum Gasteiger partial charge on any atom is -0.397 e. The first-order chi connectivity index (χ1) is 8.50. The summed E-state index contributed by atoms with van der Waals surface area (Å²) >= 11 is 0. The van der Waals surface area contributed by atoms with Gasteiger partial charge >= 0.3 is 0 Å². The van der Waals surface area contributed by atoms with Crippen LogP contribution < -0.4 is 11.1 Å². The number of anilines is 3. The molecule has 0 saturated heterocycles. The highest BCUT2D eigenvalue weighted by Gasteiger charge is 2.14. The molecule has 2 aromatic carbocycles. The van der Waals surface area contributed by atoms with Gasteiger partial charge in [-0.05, 0) is 30.7 Å². The van der Waals surface area contributed by atoms with Gasteiger partial charge in [-0.15, -0.1) is 0 Å². The van der Waals surface area contributed by atoms with E-state index in [0.717, 1.165) is 17.7 Å². The molecule has 0 unspecified atom stereocenters. The summed E-state index contributed by atoms with van der Waals surface area (Å²) < 4.78 is 39.3. The van der Waals surface area contributed by atoms with Crippen LogP contribution in [0, 0.1) is 24.4 Å². The smallest absolute Gasteiger partial charge is 0.196 e. The fourth-order valence-corrected chi connectivity index (χ4v) is 1.56. The minimum absolute atomic E-state index is 0.161. The SMILES string of the molecule is Cc1cccc(Nc2ccc(F)c(F)c2F)c1N. The Balaban J connectivity index is 2.41. The number of benzene rings is 2. The number of aryl methyl sites for hydroxylation is 1. The lowest BCUT2D eigenvalue weighted by molar-refractivity contribution is 0.449. The molecule has 0 bridgehead atoms. The Kier molecular flexibility index (Phi) is 3.14. The number of para-hydroxylation sites is 1. The Morgan fingerprint density at radius 1 is 0.944 bits per heavy atom. The zero-order chi connectivity index (χ0) is 13.3. The Hall–Kier alpha value is -2.17. The number of nitrogen functional groups attached to an aromatic ring is 1. The molecular formula is C13H11F3N2. The second-order valence-electron chi connectivity index (χ2n) is 3.88. The summed E-state index contributed by atoms with van der Waals surface area (Å²) in [6.45, 7) is 1.79. The highest BCUT2D eigenvalue weighted by atomic mass is 19.2. The van der Waals surface area contributed by atoms with Crippen molar-refractivity contribution in [1.29, 1.82) is 0 Å². The van der Waals surface area contributed by atoms with Gasteiger partial charge in [-0.3, -0.25) is 0 Å². The van der Waals surface area contributed by atoms with Gasteiger partial charge in [-0.25, -0.2) is 13.2 Å². The second-order valence-corrected chi connectivity index (χ2v) is 3.88. The lowest BCUT2D eigenvalue weighted by Crippen LogP contribution is -2.02. The topological polar surface area (TPSA) is 38.0 Å². The van der Waals surface area contributed by atoms with E-state index in [-0.39, 0.29) is 5.69 Å². The molecule has 0 heterocycles. The van der Waals surface area contributed by atoms with Gasteiger partial charge in [0.25, 0.3) is 0 Å². The fourth-order valence-electron chi connectivity index (χ4n) is 1.56. The number of nitrogens with one attached hydrogen (secondary N) is 1. The Labute approximate surface area is 102 Å². The molecule has 0 saturated carbocycles. The minimum atomic E-state index is -1.51. The molecule has 5 heteroatoms. The zero-order valence-corrected chi connectivity index (χ0v) is 9.60. The third-order valence-corrected chi connectivity index (χ3v) is 2.63. The van der Waals surface area contributed by atoms with E-state index in [9.17, 15) is 13.2 Å². The molecule has 0 spiro atoms. The third kappa shape index (κ3) is 2.11. The van der Waals surface area contributed by atoms with E-state index in [1.54, 1.807) is 25.1 Å². The maximum absolute atomic E-state index is 13.5. The summed E-state index contributed by atoms with van der Waals surface area (Å²) in [6, 6.07) is 7.12. The molecule has 0 amide bonds. The van der Waals surface area contributed by atoms with Gasteiger partial charge in [0.15, 0.2) is 17.5 Å². The molecule has 2 nitrogen and oxygen atoms in total. The van der Waals surface area contributed by atoms with Crippen LogP contribution in [0.1, 0.15) is 5.56 Å². The number of nitrogens with two attached hydrogens (primary N) is 1. The molecular weight excluding hydrogens is 241 g/mol. The summed E-state index contributed by atoms with van der Waals surface area (Å²) in [5, 5.41) is 2.64. The monoisotopic (exact) mass is 252 g/mol. The van der Waals surface area contributed by atoms with E-state index in [2.05, 4.69) is 5.32 Å². The Morgan fingerprint density at radius 3 is 2.39 bits per heavy atom. The first kappa shape index (κ1) is 12.3. The largest absolute Gasteiger partial charge is 0.397 e. The Morgan fingerprint density at radius 2 is 1.67 bits per heavy atom. The van der Waals surface area contributed by atoms with E-state index in [0.29, 0.717) is 11.4 Å². The van der Waals surface area contributed by atoms with E-state index in [1.807, 2.05) is 0 Å². The van der Waals surface area contributed by atoms with Crippen molar-refractivity contribution < 1.29 is 13.2 Å². The van der Waals surface area contributed by atoms with Crippen molar-refractivity contribution in [2.75, 3.05) is 11.1 Å². The summed E-state index contributed by atoms with van der Waals surface area (Å²) in [5.74, 6) is -4.00. The molecule has 0 aliphatic carbocycles. The molecule has 0 aliphatic rings. The Bertz CT molecular complexity index is 597. The van der Waals surface area contributed by atoms with Gasteiger partial charge in [0.05, 0.1) is 17.1 Å². The molecule has 18 heavy (non-hydrogen) atoms. The van der Waals surface area contributed by atoms with Crippen LogP contribution >= 0.6 is 0 Å². The van der Waals surface area contributed by atoms with Crippen LogP contribution in [0.5, 0.6) is 0 Å². The summed E-state index contributed by atoms with van der Waals surface area (Å²) in [6.07, 6.45) is 0. The maximum atomic E-state index is 13.5. The predicted octanol–water partition coefficient (Wildman–Crippen LogP) is 3.74. The second kappa shape index (κ2) is 4.60. The van der Waals surface area contributed by atoms with Crippen LogP contribution in [0.25, 0.3) is 0 Å². The van der Waals surface area contributed by atoms with Crippen LogP contribution in [0.2, 0.25) is 0 Å². The van der Waals surface area contributed by atoms with Crippen LogP contribution in [-0.4, -0.2) is 0 Å². The van der Waals surface area contributed by atoms with Crippen molar-refractivity contribution in [2.45, 2.75) is 6.92 Å². The average molecular weight is 252 g/mol. The van der Waals surface area contributed by atoms with Gasteiger partial charge in [-0.2, -0.15) is 0 Å². The molecule has 3 N–H and O–H groups in total. The molecule has 0 aliphatic heterocycles. The van der Waals surface area contributed by atoms with Crippen molar-refractivity contribution in [2.24, 2.45) is 0 Å².